The van der Waals surface area contributed by atoms with Gasteiger partial charge >= 0.3 is 0 Å². The number of hydrogen-bond donors (Lipinski definition) is 2. The lowest BCUT2D eigenvalue weighted by molar-refractivity contribution is -0.119. The molecule has 0 spiro atoms. The number of amides is 3. The number of nitrogens with zero attached hydrogens (tertiary/aromatic N) is 2. The van der Waals surface area contributed by atoms with Crippen molar-refractivity contribution in [3.05, 3.63) is 82.1 Å². The number of rotatable bonds is 5. The molecule has 0 unspecified atom stereocenters. The van der Waals surface area contributed by atoms with Crippen LogP contribution in [0.25, 0.3) is 0 Å². The van der Waals surface area contributed by atoms with Crippen molar-refractivity contribution in [1.29, 1.82) is 0 Å². The fourth-order valence-electron chi connectivity index (χ4n) is 3.51. The molecule has 2 N–H and O–H groups in total. The summed E-state index contributed by atoms with van der Waals surface area (Å²) < 4.78 is 0. The Kier molecular flexibility index (Phi) is 6.91. The maximum Gasteiger partial charge on any atom is 0.274 e. The number of carbonyl (C=O) groups is 3. The third-order valence-corrected chi connectivity index (χ3v) is 5.65. The highest BCUT2D eigenvalue weighted by atomic mass is 35.5. The second-order valence-corrected chi connectivity index (χ2v) is 8.38. The minimum Gasteiger partial charge on any atom is -0.322 e. The maximum atomic E-state index is 13.0. The summed E-state index contributed by atoms with van der Waals surface area (Å²) in [6, 6.07) is 14.7. The summed E-state index contributed by atoms with van der Waals surface area (Å²) in [5.41, 5.74) is 1.98. The van der Waals surface area contributed by atoms with Crippen LogP contribution in [0.3, 0.4) is 0 Å². The first-order valence-electron chi connectivity index (χ1n) is 10.3. The van der Waals surface area contributed by atoms with E-state index in [0.29, 0.717) is 28.7 Å². The van der Waals surface area contributed by atoms with Crippen molar-refractivity contribution in [3.63, 3.8) is 0 Å². The number of nitrogens with one attached hydrogen (secondary N) is 2. The number of carbonyl (C=O) groups excluding carboxylic acids is 3. The van der Waals surface area contributed by atoms with E-state index in [0.717, 1.165) is 18.5 Å². The van der Waals surface area contributed by atoms with E-state index in [1.165, 1.54) is 18.3 Å². The molecular weight excluding hydrogens is 463 g/mol. The summed E-state index contributed by atoms with van der Waals surface area (Å²) >= 11 is 11.9. The van der Waals surface area contributed by atoms with Gasteiger partial charge in [-0.1, -0.05) is 23.2 Å². The van der Waals surface area contributed by atoms with E-state index in [1.54, 1.807) is 47.4 Å². The molecule has 9 heteroatoms. The van der Waals surface area contributed by atoms with Crippen molar-refractivity contribution in [2.75, 3.05) is 22.1 Å². The monoisotopic (exact) mass is 482 g/mol. The smallest absolute Gasteiger partial charge is 0.274 e. The Labute approximate surface area is 200 Å². The number of benzene rings is 2. The molecule has 3 amide bonds. The van der Waals surface area contributed by atoms with E-state index in [-0.39, 0.29) is 22.9 Å². The van der Waals surface area contributed by atoms with Crippen molar-refractivity contribution in [2.24, 2.45) is 0 Å². The van der Waals surface area contributed by atoms with Crippen LogP contribution in [0.5, 0.6) is 0 Å². The van der Waals surface area contributed by atoms with Gasteiger partial charge in [-0.3, -0.25) is 14.4 Å². The van der Waals surface area contributed by atoms with Gasteiger partial charge in [0, 0.05) is 35.6 Å². The summed E-state index contributed by atoms with van der Waals surface area (Å²) in [4.78, 5) is 43.4. The van der Waals surface area contributed by atoms with Crippen LogP contribution in [0, 0.1) is 0 Å². The molecule has 3 aromatic rings. The van der Waals surface area contributed by atoms with E-state index in [9.17, 15) is 14.4 Å². The summed E-state index contributed by atoms with van der Waals surface area (Å²) in [5, 5.41) is 6.25. The number of halogens is 2. The standard InChI is InChI=1S/C24H20Cl2N4O3/c25-15-4-10-20(29-24(33)21-11-5-16(26)14-27-21)19(13-15)23(32)28-17-6-8-18(9-7-17)30-12-2-1-3-22(30)31/h4-11,13-14H,1-3,12H2,(H,28,32)(H,29,33). The lowest BCUT2D eigenvalue weighted by atomic mass is 10.1. The van der Waals surface area contributed by atoms with E-state index >= 15 is 0 Å². The van der Waals surface area contributed by atoms with Crippen LogP contribution in [0.1, 0.15) is 40.1 Å². The molecule has 168 valence electrons. The van der Waals surface area contributed by atoms with Crippen molar-refractivity contribution in [2.45, 2.75) is 19.3 Å². The van der Waals surface area contributed by atoms with Crippen LogP contribution < -0.4 is 15.5 Å². The minimum atomic E-state index is -0.487. The Morgan fingerprint density at radius 1 is 0.879 bits per heavy atom. The van der Waals surface area contributed by atoms with Gasteiger partial charge in [-0.15, -0.1) is 0 Å². The molecule has 1 aliphatic rings. The van der Waals surface area contributed by atoms with Gasteiger partial charge in [0.1, 0.15) is 5.69 Å². The van der Waals surface area contributed by atoms with Crippen LogP contribution >= 0.6 is 23.2 Å². The maximum absolute atomic E-state index is 13.0. The van der Waals surface area contributed by atoms with Gasteiger partial charge in [0.25, 0.3) is 11.8 Å². The fraction of sp³-hybridized carbons (Fsp3) is 0.167. The van der Waals surface area contributed by atoms with Gasteiger partial charge in [-0.05, 0) is 67.4 Å². The summed E-state index contributed by atoms with van der Waals surface area (Å²) in [5.74, 6) is -0.829. The van der Waals surface area contributed by atoms with Crippen molar-refractivity contribution < 1.29 is 14.4 Å². The average molecular weight is 483 g/mol. The fourth-order valence-corrected chi connectivity index (χ4v) is 3.80. The molecule has 0 atom stereocenters. The first-order valence-corrected chi connectivity index (χ1v) is 11.1. The van der Waals surface area contributed by atoms with E-state index in [1.807, 2.05) is 0 Å². The third kappa shape index (κ3) is 5.50. The molecule has 2 aromatic carbocycles. The van der Waals surface area contributed by atoms with Crippen molar-refractivity contribution >= 4 is 58.0 Å². The SMILES string of the molecule is O=C(Nc1ccc(Cl)cc1C(=O)Nc1ccc(N2CCCCC2=O)cc1)c1ccc(Cl)cn1. The Morgan fingerprint density at radius 2 is 1.64 bits per heavy atom. The third-order valence-electron chi connectivity index (χ3n) is 5.19. The molecular formula is C24H20Cl2N4O3. The molecule has 4 rings (SSSR count). The minimum absolute atomic E-state index is 0.104. The second kappa shape index (κ2) is 10.0. The molecule has 0 aliphatic carbocycles. The Bertz CT molecular complexity index is 1200. The highest BCUT2D eigenvalue weighted by molar-refractivity contribution is 6.31. The number of piperidine rings is 1. The number of anilines is 3. The van der Waals surface area contributed by atoms with Crippen LogP contribution in [-0.2, 0) is 4.79 Å². The molecule has 1 saturated heterocycles. The van der Waals surface area contributed by atoms with Crippen molar-refractivity contribution in [3.8, 4) is 0 Å². The molecule has 33 heavy (non-hydrogen) atoms. The van der Waals surface area contributed by atoms with E-state index < -0.39 is 11.8 Å². The molecule has 1 aliphatic heterocycles. The zero-order chi connectivity index (χ0) is 23.4. The molecule has 1 aromatic heterocycles. The first kappa shape index (κ1) is 22.8. The molecule has 7 nitrogen and oxygen atoms in total. The van der Waals surface area contributed by atoms with Gasteiger partial charge in [0.05, 0.1) is 16.3 Å². The molecule has 0 radical (unpaired) electrons. The predicted molar refractivity (Wildman–Crippen MR) is 129 cm³/mol. The lowest BCUT2D eigenvalue weighted by Crippen LogP contribution is -2.35. The van der Waals surface area contributed by atoms with Crippen molar-refractivity contribution in [1.82, 2.24) is 4.98 Å². The summed E-state index contributed by atoms with van der Waals surface area (Å²) in [7, 11) is 0. The number of aromatic nitrogens is 1. The predicted octanol–water partition coefficient (Wildman–Crippen LogP) is 5.41. The lowest BCUT2D eigenvalue weighted by Gasteiger charge is -2.26. The van der Waals surface area contributed by atoms with Gasteiger partial charge in [-0.25, -0.2) is 4.98 Å². The highest BCUT2D eigenvalue weighted by Crippen LogP contribution is 2.25. The van der Waals surface area contributed by atoms with Crippen LogP contribution in [0.2, 0.25) is 10.0 Å². The summed E-state index contributed by atoms with van der Waals surface area (Å²) in [6.45, 7) is 0.693. The molecule has 0 saturated carbocycles. The van der Waals surface area contributed by atoms with E-state index in [2.05, 4.69) is 15.6 Å². The average Bonchev–Trinajstić information content (AvgIpc) is 2.81. The summed E-state index contributed by atoms with van der Waals surface area (Å²) in [6.07, 6.45) is 3.80. The Hall–Kier alpha value is -3.42. The second-order valence-electron chi connectivity index (χ2n) is 7.51. The number of hydrogen-bond acceptors (Lipinski definition) is 4. The Balaban J connectivity index is 1.50. The van der Waals surface area contributed by atoms with Gasteiger partial charge in [-0.2, -0.15) is 0 Å². The van der Waals surface area contributed by atoms with Crippen LogP contribution in [0.4, 0.5) is 17.1 Å². The quantitative estimate of drug-likeness (QED) is 0.508. The first-order chi connectivity index (χ1) is 15.9. The number of pyridine rings is 1. The van der Waals surface area contributed by atoms with Gasteiger partial charge in [0.15, 0.2) is 0 Å². The van der Waals surface area contributed by atoms with Gasteiger partial charge < -0.3 is 15.5 Å². The largest absolute Gasteiger partial charge is 0.322 e. The Morgan fingerprint density at radius 3 is 2.33 bits per heavy atom. The topological polar surface area (TPSA) is 91.4 Å². The van der Waals surface area contributed by atoms with E-state index in [4.69, 9.17) is 23.2 Å². The molecule has 2 heterocycles. The molecule has 1 fully saturated rings. The molecule has 0 bridgehead atoms. The normalized spacial score (nSPS) is 13.5. The van der Waals surface area contributed by atoms with Crippen LogP contribution in [-0.4, -0.2) is 29.3 Å². The van der Waals surface area contributed by atoms with Crippen LogP contribution in [0.15, 0.2) is 60.8 Å². The zero-order valence-corrected chi connectivity index (χ0v) is 19.0. The zero-order valence-electron chi connectivity index (χ0n) is 17.5. The highest BCUT2D eigenvalue weighted by Gasteiger charge is 2.20. The van der Waals surface area contributed by atoms with Gasteiger partial charge in [0.2, 0.25) is 5.91 Å².